The topological polar surface area (TPSA) is 85.5 Å². The van der Waals surface area contributed by atoms with Crippen molar-refractivity contribution in [2.24, 2.45) is 0 Å². The summed E-state index contributed by atoms with van der Waals surface area (Å²) in [5, 5.41) is 3.75. The molecule has 0 saturated carbocycles. The van der Waals surface area contributed by atoms with Gasteiger partial charge in [-0.3, -0.25) is 14.4 Å². The molecular weight excluding hydrogens is 400 g/mol. The molecular formula is C22H24N4O3S. The fourth-order valence-corrected chi connectivity index (χ4v) is 4.45. The number of fused-ring (bicyclic) bond motifs is 1. The molecule has 1 fully saturated rings. The molecule has 0 aliphatic carbocycles. The summed E-state index contributed by atoms with van der Waals surface area (Å²) < 4.78 is 0. The van der Waals surface area contributed by atoms with Gasteiger partial charge < -0.3 is 20.1 Å². The lowest BCUT2D eigenvalue weighted by molar-refractivity contribution is -0.138. The van der Waals surface area contributed by atoms with Crippen molar-refractivity contribution in [2.45, 2.75) is 13.3 Å². The Hall–Kier alpha value is -3.13. The van der Waals surface area contributed by atoms with Crippen LogP contribution in [0.3, 0.4) is 0 Å². The Kier molecular flexibility index (Phi) is 5.85. The van der Waals surface area contributed by atoms with Gasteiger partial charge in [0.15, 0.2) is 0 Å². The van der Waals surface area contributed by atoms with Gasteiger partial charge in [0.25, 0.3) is 5.91 Å². The molecule has 0 spiro atoms. The van der Waals surface area contributed by atoms with Gasteiger partial charge in [0.1, 0.15) is 0 Å². The molecule has 1 aromatic carbocycles. The standard InChI is InChI=1S/C22H24N4O3S/c1-15-6-7-19(30-15)22(29)24-14-21(28)26-10-8-25(9-11-26)20(27)12-16-13-23-18-5-3-2-4-17(16)18/h2-7,13,23H,8-12,14H2,1H3,(H,24,29). The summed E-state index contributed by atoms with van der Waals surface area (Å²) in [5.41, 5.74) is 2.01. The lowest BCUT2D eigenvalue weighted by atomic mass is 10.1. The molecule has 2 N–H and O–H groups in total. The van der Waals surface area contributed by atoms with E-state index in [9.17, 15) is 14.4 Å². The highest BCUT2D eigenvalue weighted by molar-refractivity contribution is 7.13. The number of thiophene rings is 1. The van der Waals surface area contributed by atoms with Gasteiger partial charge in [0.2, 0.25) is 11.8 Å². The number of benzene rings is 1. The lowest BCUT2D eigenvalue weighted by Gasteiger charge is -2.34. The number of hydrogen-bond acceptors (Lipinski definition) is 4. The first kappa shape index (κ1) is 20.2. The third-order valence-electron chi connectivity index (χ3n) is 5.37. The molecule has 0 bridgehead atoms. The molecule has 0 radical (unpaired) electrons. The molecule has 0 unspecified atom stereocenters. The second-order valence-electron chi connectivity index (χ2n) is 7.39. The maximum Gasteiger partial charge on any atom is 0.261 e. The van der Waals surface area contributed by atoms with E-state index in [1.54, 1.807) is 15.9 Å². The Morgan fingerprint density at radius 1 is 1.00 bits per heavy atom. The molecule has 3 heterocycles. The van der Waals surface area contributed by atoms with Crippen molar-refractivity contribution in [3.05, 3.63) is 57.9 Å². The Balaban J connectivity index is 1.25. The second-order valence-corrected chi connectivity index (χ2v) is 8.68. The number of aromatic amines is 1. The van der Waals surface area contributed by atoms with E-state index in [1.807, 2.05) is 43.5 Å². The van der Waals surface area contributed by atoms with Crippen molar-refractivity contribution in [3.63, 3.8) is 0 Å². The summed E-state index contributed by atoms with van der Waals surface area (Å²) in [6.07, 6.45) is 2.23. The zero-order valence-electron chi connectivity index (χ0n) is 16.8. The van der Waals surface area contributed by atoms with Crippen molar-refractivity contribution in [1.29, 1.82) is 0 Å². The predicted molar refractivity (Wildman–Crippen MR) is 117 cm³/mol. The number of carbonyl (C=O) groups is 3. The van der Waals surface area contributed by atoms with E-state index in [1.165, 1.54) is 11.3 Å². The molecule has 2 aromatic heterocycles. The van der Waals surface area contributed by atoms with E-state index in [-0.39, 0.29) is 24.3 Å². The third kappa shape index (κ3) is 4.38. The van der Waals surface area contributed by atoms with Crippen LogP contribution in [0, 0.1) is 6.92 Å². The molecule has 1 aliphatic rings. The molecule has 1 aliphatic heterocycles. The first-order valence-corrected chi connectivity index (χ1v) is 10.8. The van der Waals surface area contributed by atoms with Crippen LogP contribution in [-0.4, -0.2) is 65.2 Å². The average Bonchev–Trinajstić information content (AvgIpc) is 3.38. The number of H-pyrrole nitrogens is 1. The Morgan fingerprint density at radius 3 is 2.40 bits per heavy atom. The third-order valence-corrected chi connectivity index (χ3v) is 6.37. The van der Waals surface area contributed by atoms with Crippen molar-refractivity contribution >= 4 is 40.0 Å². The molecule has 8 heteroatoms. The molecule has 30 heavy (non-hydrogen) atoms. The number of hydrogen-bond donors (Lipinski definition) is 2. The molecule has 156 valence electrons. The van der Waals surface area contributed by atoms with Crippen LogP contribution < -0.4 is 5.32 Å². The van der Waals surface area contributed by atoms with Crippen LogP contribution in [0.5, 0.6) is 0 Å². The molecule has 1 saturated heterocycles. The van der Waals surface area contributed by atoms with Crippen molar-refractivity contribution in [3.8, 4) is 0 Å². The number of aryl methyl sites for hydroxylation is 1. The van der Waals surface area contributed by atoms with Gasteiger partial charge in [-0.25, -0.2) is 0 Å². The molecule has 3 aromatic rings. The van der Waals surface area contributed by atoms with E-state index in [0.717, 1.165) is 21.3 Å². The summed E-state index contributed by atoms with van der Waals surface area (Å²) in [4.78, 5) is 45.6. The van der Waals surface area contributed by atoms with Crippen LogP contribution in [0.2, 0.25) is 0 Å². The van der Waals surface area contributed by atoms with Crippen LogP contribution in [0.15, 0.2) is 42.6 Å². The first-order chi connectivity index (χ1) is 14.5. The van der Waals surface area contributed by atoms with Gasteiger partial charge in [-0.2, -0.15) is 0 Å². The summed E-state index contributed by atoms with van der Waals surface area (Å²) >= 11 is 1.41. The minimum absolute atomic E-state index is 0.0287. The van der Waals surface area contributed by atoms with Crippen molar-refractivity contribution < 1.29 is 14.4 Å². The Morgan fingerprint density at radius 2 is 1.70 bits per heavy atom. The van der Waals surface area contributed by atoms with E-state index < -0.39 is 0 Å². The quantitative estimate of drug-likeness (QED) is 0.658. The highest BCUT2D eigenvalue weighted by atomic mass is 32.1. The number of aromatic nitrogens is 1. The molecule has 0 atom stereocenters. The van der Waals surface area contributed by atoms with Crippen molar-refractivity contribution in [2.75, 3.05) is 32.7 Å². The van der Waals surface area contributed by atoms with Gasteiger partial charge in [0, 0.05) is 48.2 Å². The van der Waals surface area contributed by atoms with E-state index in [0.29, 0.717) is 37.5 Å². The average molecular weight is 425 g/mol. The first-order valence-electron chi connectivity index (χ1n) is 9.96. The van der Waals surface area contributed by atoms with E-state index in [4.69, 9.17) is 0 Å². The maximum atomic E-state index is 12.7. The summed E-state index contributed by atoms with van der Waals surface area (Å²) in [7, 11) is 0. The fourth-order valence-electron chi connectivity index (χ4n) is 3.67. The largest absolute Gasteiger partial charge is 0.361 e. The number of piperazine rings is 1. The van der Waals surface area contributed by atoms with Crippen LogP contribution >= 0.6 is 11.3 Å². The Labute approximate surface area is 178 Å². The molecule has 4 rings (SSSR count). The summed E-state index contributed by atoms with van der Waals surface area (Å²) in [6.45, 7) is 3.87. The highest BCUT2D eigenvalue weighted by Crippen LogP contribution is 2.19. The van der Waals surface area contributed by atoms with Crippen LogP contribution in [-0.2, 0) is 16.0 Å². The number of nitrogens with one attached hydrogen (secondary N) is 2. The van der Waals surface area contributed by atoms with Crippen molar-refractivity contribution in [1.82, 2.24) is 20.1 Å². The minimum atomic E-state index is -0.228. The second kappa shape index (κ2) is 8.71. The minimum Gasteiger partial charge on any atom is -0.361 e. The lowest BCUT2D eigenvalue weighted by Crippen LogP contribution is -2.52. The fraction of sp³-hybridized carbons (Fsp3) is 0.318. The normalized spacial score (nSPS) is 14.2. The van der Waals surface area contributed by atoms with Crippen LogP contribution in [0.1, 0.15) is 20.1 Å². The Bertz CT molecular complexity index is 1080. The van der Waals surface area contributed by atoms with Crippen LogP contribution in [0.25, 0.3) is 10.9 Å². The van der Waals surface area contributed by atoms with Gasteiger partial charge in [-0.05, 0) is 30.7 Å². The number of carbonyl (C=O) groups excluding carboxylic acids is 3. The zero-order valence-corrected chi connectivity index (χ0v) is 17.6. The van der Waals surface area contributed by atoms with Crippen LogP contribution in [0.4, 0.5) is 0 Å². The number of nitrogens with zero attached hydrogens (tertiary/aromatic N) is 2. The zero-order chi connectivity index (χ0) is 21.1. The van der Waals surface area contributed by atoms with Gasteiger partial charge in [-0.1, -0.05) is 18.2 Å². The SMILES string of the molecule is Cc1ccc(C(=O)NCC(=O)N2CCN(C(=O)Cc3c[nH]c4ccccc34)CC2)s1. The van der Waals surface area contributed by atoms with Gasteiger partial charge in [0.05, 0.1) is 17.8 Å². The number of amides is 3. The van der Waals surface area contributed by atoms with E-state index >= 15 is 0 Å². The maximum absolute atomic E-state index is 12.7. The summed E-state index contributed by atoms with van der Waals surface area (Å²) in [6, 6.07) is 11.6. The number of para-hydroxylation sites is 1. The predicted octanol–water partition coefficient (Wildman–Crippen LogP) is 2.18. The molecule has 7 nitrogen and oxygen atoms in total. The van der Waals surface area contributed by atoms with Gasteiger partial charge >= 0.3 is 0 Å². The number of rotatable bonds is 5. The monoisotopic (exact) mass is 424 g/mol. The molecule has 3 amide bonds. The summed E-state index contributed by atoms with van der Waals surface area (Å²) in [5.74, 6) is -0.289. The van der Waals surface area contributed by atoms with E-state index in [2.05, 4.69) is 10.3 Å². The van der Waals surface area contributed by atoms with Gasteiger partial charge in [-0.15, -0.1) is 11.3 Å². The smallest absolute Gasteiger partial charge is 0.261 e. The highest BCUT2D eigenvalue weighted by Gasteiger charge is 2.25.